The van der Waals surface area contributed by atoms with Gasteiger partial charge in [0.1, 0.15) is 11.4 Å². The van der Waals surface area contributed by atoms with Gasteiger partial charge in [0.25, 0.3) is 0 Å². The molecule has 1 amide bonds. The van der Waals surface area contributed by atoms with Crippen molar-refractivity contribution in [3.05, 3.63) is 71.3 Å². The van der Waals surface area contributed by atoms with Gasteiger partial charge in [-0.1, -0.05) is 30.3 Å². The summed E-state index contributed by atoms with van der Waals surface area (Å²) < 4.78 is 7.84. The molecule has 2 aromatic carbocycles. The summed E-state index contributed by atoms with van der Waals surface area (Å²) in [6.45, 7) is 7.38. The van der Waals surface area contributed by atoms with Gasteiger partial charge in [0.05, 0.1) is 16.4 Å². The number of fused-ring (bicyclic) bond motifs is 1. The number of hydrogen-bond acceptors (Lipinski definition) is 7. The zero-order valence-electron chi connectivity index (χ0n) is 21.1. The first kappa shape index (κ1) is 27.0. The van der Waals surface area contributed by atoms with E-state index in [2.05, 4.69) is 26.3 Å². The van der Waals surface area contributed by atoms with E-state index in [1.807, 2.05) is 81.4 Å². The number of aromatic nitrogens is 3. The molecule has 1 saturated heterocycles. The van der Waals surface area contributed by atoms with Crippen molar-refractivity contribution < 1.29 is 9.53 Å². The SMILES string of the molecule is CC(C)(C)OC(=O)N1CCCC1.NSc1ccc(Nc2cc(-c3ccccc3)nc3c(Br)cnn23)cc1. The number of ether oxygens (including phenoxy) is 1. The quantitative estimate of drug-likeness (QED) is 0.253. The van der Waals surface area contributed by atoms with E-state index in [0.29, 0.717) is 0 Å². The van der Waals surface area contributed by atoms with Crippen LogP contribution in [0.3, 0.4) is 0 Å². The highest BCUT2D eigenvalue weighted by atomic mass is 79.9. The summed E-state index contributed by atoms with van der Waals surface area (Å²) in [7, 11) is 0. The Morgan fingerprint density at radius 1 is 1.08 bits per heavy atom. The Morgan fingerprint density at radius 2 is 1.76 bits per heavy atom. The molecule has 0 unspecified atom stereocenters. The van der Waals surface area contributed by atoms with Crippen LogP contribution in [-0.2, 0) is 4.74 Å². The van der Waals surface area contributed by atoms with Gasteiger partial charge in [0.2, 0.25) is 0 Å². The lowest BCUT2D eigenvalue weighted by Gasteiger charge is -2.23. The molecule has 1 aliphatic rings. The van der Waals surface area contributed by atoms with Crippen LogP contribution in [0.15, 0.2) is 76.2 Å². The summed E-state index contributed by atoms with van der Waals surface area (Å²) >= 11 is 4.75. The van der Waals surface area contributed by atoms with Gasteiger partial charge < -0.3 is 15.0 Å². The molecule has 1 aliphatic heterocycles. The first-order chi connectivity index (χ1) is 17.7. The fourth-order valence-electron chi connectivity index (χ4n) is 3.77. The summed E-state index contributed by atoms with van der Waals surface area (Å²) in [6.07, 6.45) is 3.80. The Balaban J connectivity index is 0.000000225. The number of nitrogens with one attached hydrogen (secondary N) is 1. The molecule has 10 heteroatoms. The van der Waals surface area contributed by atoms with Gasteiger partial charge in [0.15, 0.2) is 5.65 Å². The van der Waals surface area contributed by atoms with Crippen LogP contribution in [-0.4, -0.2) is 44.3 Å². The maximum Gasteiger partial charge on any atom is 0.410 e. The zero-order chi connectivity index (χ0) is 26.4. The Bertz CT molecular complexity index is 1330. The highest BCUT2D eigenvalue weighted by Crippen LogP contribution is 2.28. The molecular weight excluding hydrogens is 552 g/mol. The summed E-state index contributed by atoms with van der Waals surface area (Å²) in [5.41, 5.74) is 3.29. The summed E-state index contributed by atoms with van der Waals surface area (Å²) in [4.78, 5) is 18.9. The van der Waals surface area contributed by atoms with Gasteiger partial charge >= 0.3 is 6.09 Å². The number of nitrogens with two attached hydrogens (primary N) is 1. The predicted molar refractivity (Wildman–Crippen MR) is 153 cm³/mol. The zero-order valence-corrected chi connectivity index (χ0v) is 23.6. The first-order valence-electron chi connectivity index (χ1n) is 12.0. The topological polar surface area (TPSA) is 97.8 Å². The number of rotatable bonds is 4. The fourth-order valence-corrected chi connectivity index (χ4v) is 4.41. The standard InChI is InChI=1S/C18H14BrN5S.C9H17NO2/c19-15-11-21-24-17(22-13-6-8-14(25-20)9-7-13)10-16(23-18(15)24)12-4-2-1-3-5-12;1-9(2,3)12-8(11)10-6-4-5-7-10/h1-11,22H,20H2;4-7H2,1-3H3. The number of halogens is 1. The van der Waals surface area contributed by atoms with Crippen LogP contribution in [0.1, 0.15) is 33.6 Å². The number of carbonyl (C=O) groups is 1. The van der Waals surface area contributed by atoms with Gasteiger partial charge in [-0.05, 0) is 85.8 Å². The molecule has 4 aromatic rings. The normalized spacial score (nSPS) is 13.3. The third-order valence-corrected chi connectivity index (χ3v) is 6.62. The molecule has 0 bridgehead atoms. The molecular formula is C27H31BrN6O2S. The Morgan fingerprint density at radius 3 is 2.38 bits per heavy atom. The lowest BCUT2D eigenvalue weighted by atomic mass is 10.1. The molecule has 1 fully saturated rings. The molecule has 0 radical (unpaired) electrons. The smallest absolute Gasteiger partial charge is 0.410 e. The van der Waals surface area contributed by atoms with Crippen molar-refractivity contribution in [3.8, 4) is 11.3 Å². The van der Waals surface area contributed by atoms with Crippen molar-refractivity contribution in [3.63, 3.8) is 0 Å². The third kappa shape index (κ3) is 7.24. The van der Waals surface area contributed by atoms with E-state index in [0.717, 1.165) is 63.7 Å². The van der Waals surface area contributed by atoms with Crippen molar-refractivity contribution in [1.82, 2.24) is 19.5 Å². The maximum atomic E-state index is 11.4. The van der Waals surface area contributed by atoms with Crippen molar-refractivity contribution in [2.24, 2.45) is 5.14 Å². The largest absolute Gasteiger partial charge is 0.444 e. The Kier molecular flexibility index (Phi) is 8.73. The van der Waals surface area contributed by atoms with Gasteiger partial charge in [0, 0.05) is 35.3 Å². The number of likely N-dealkylation sites (tertiary alicyclic amines) is 1. The van der Waals surface area contributed by atoms with E-state index in [1.165, 1.54) is 11.9 Å². The van der Waals surface area contributed by atoms with E-state index in [9.17, 15) is 4.79 Å². The molecule has 37 heavy (non-hydrogen) atoms. The van der Waals surface area contributed by atoms with Gasteiger partial charge in [-0.15, -0.1) is 0 Å². The molecule has 194 valence electrons. The van der Waals surface area contributed by atoms with Crippen molar-refractivity contribution in [2.45, 2.75) is 44.1 Å². The molecule has 2 aromatic heterocycles. The average molecular weight is 584 g/mol. The predicted octanol–water partition coefficient (Wildman–Crippen LogP) is 6.89. The van der Waals surface area contributed by atoms with Crippen LogP contribution in [0.25, 0.3) is 16.9 Å². The molecule has 5 rings (SSSR count). The second-order valence-electron chi connectivity index (χ2n) is 9.56. The summed E-state index contributed by atoms with van der Waals surface area (Å²) in [5.74, 6) is 0.836. The minimum absolute atomic E-state index is 0.167. The van der Waals surface area contributed by atoms with Gasteiger partial charge in [-0.25, -0.2) is 9.78 Å². The Hall–Kier alpha value is -3.08. The summed E-state index contributed by atoms with van der Waals surface area (Å²) in [5, 5.41) is 13.4. The number of nitrogens with zero attached hydrogens (tertiary/aromatic N) is 4. The maximum absolute atomic E-state index is 11.4. The Labute approximate surface area is 229 Å². The number of hydrogen-bond donors (Lipinski definition) is 2. The van der Waals surface area contributed by atoms with Crippen LogP contribution in [0.5, 0.6) is 0 Å². The minimum Gasteiger partial charge on any atom is -0.444 e. The van der Waals surface area contributed by atoms with E-state index < -0.39 is 0 Å². The molecule has 0 atom stereocenters. The van der Waals surface area contributed by atoms with Crippen LogP contribution < -0.4 is 10.5 Å². The van der Waals surface area contributed by atoms with Crippen molar-refractivity contribution in [2.75, 3.05) is 18.4 Å². The molecule has 3 heterocycles. The number of anilines is 2. The van der Waals surface area contributed by atoms with E-state index >= 15 is 0 Å². The van der Waals surface area contributed by atoms with Crippen LogP contribution >= 0.6 is 27.9 Å². The lowest BCUT2D eigenvalue weighted by Crippen LogP contribution is -2.34. The van der Waals surface area contributed by atoms with Crippen LogP contribution in [0.4, 0.5) is 16.3 Å². The highest BCUT2D eigenvalue weighted by Gasteiger charge is 2.23. The lowest BCUT2D eigenvalue weighted by molar-refractivity contribution is 0.0295. The number of benzene rings is 2. The first-order valence-corrected chi connectivity index (χ1v) is 13.7. The molecule has 8 nitrogen and oxygen atoms in total. The summed E-state index contributed by atoms with van der Waals surface area (Å²) in [6, 6.07) is 20.0. The van der Waals surface area contributed by atoms with Crippen LogP contribution in [0.2, 0.25) is 0 Å². The van der Waals surface area contributed by atoms with E-state index in [4.69, 9.17) is 14.9 Å². The van der Waals surface area contributed by atoms with E-state index in [1.54, 1.807) is 15.6 Å². The molecule has 0 aliphatic carbocycles. The second-order valence-corrected chi connectivity index (χ2v) is 11.1. The van der Waals surface area contributed by atoms with E-state index in [-0.39, 0.29) is 11.7 Å². The second kappa shape index (κ2) is 12.0. The highest BCUT2D eigenvalue weighted by molar-refractivity contribution is 9.10. The fraction of sp³-hybridized carbons (Fsp3) is 0.296. The molecule has 0 saturated carbocycles. The minimum atomic E-state index is -0.361. The van der Waals surface area contributed by atoms with Gasteiger partial charge in [-0.2, -0.15) is 9.61 Å². The third-order valence-electron chi connectivity index (χ3n) is 5.52. The molecule has 0 spiro atoms. The average Bonchev–Trinajstić information content (AvgIpc) is 3.55. The number of amides is 1. The van der Waals surface area contributed by atoms with Gasteiger partial charge in [-0.3, -0.25) is 5.14 Å². The van der Waals surface area contributed by atoms with Crippen molar-refractivity contribution in [1.29, 1.82) is 0 Å². The van der Waals surface area contributed by atoms with Crippen molar-refractivity contribution >= 4 is 51.1 Å². The monoisotopic (exact) mass is 582 g/mol. The molecule has 3 N–H and O–H groups in total. The van der Waals surface area contributed by atoms with Crippen LogP contribution in [0, 0.1) is 0 Å². The number of carbonyl (C=O) groups excluding carboxylic acids is 1.